The van der Waals surface area contributed by atoms with Gasteiger partial charge in [-0.25, -0.2) is 0 Å². The zero-order valence-electron chi connectivity index (χ0n) is 14.6. The summed E-state index contributed by atoms with van der Waals surface area (Å²) in [4.78, 5) is 0. The highest BCUT2D eigenvalue weighted by Gasteiger charge is 2.25. The van der Waals surface area contributed by atoms with E-state index in [4.69, 9.17) is 0 Å². The molecule has 20 heavy (non-hydrogen) atoms. The van der Waals surface area contributed by atoms with Crippen LogP contribution in [0.25, 0.3) is 0 Å². The lowest BCUT2D eigenvalue weighted by Gasteiger charge is -2.29. The minimum Gasteiger partial charge on any atom is -0.314 e. The van der Waals surface area contributed by atoms with E-state index in [0.29, 0.717) is 6.04 Å². The third kappa shape index (κ3) is 7.11. The van der Waals surface area contributed by atoms with Crippen LogP contribution in [0, 0.1) is 17.8 Å². The SMILES string of the molecule is CCCCC(CC)CC1CCCCCC1CNC(C)C. The van der Waals surface area contributed by atoms with Gasteiger partial charge in [-0.05, 0) is 37.1 Å². The highest BCUT2D eigenvalue weighted by atomic mass is 14.9. The summed E-state index contributed by atoms with van der Waals surface area (Å²) in [6, 6.07) is 0.640. The van der Waals surface area contributed by atoms with Crippen LogP contribution in [0.5, 0.6) is 0 Å². The van der Waals surface area contributed by atoms with Crippen molar-refractivity contribution in [2.75, 3.05) is 6.54 Å². The van der Waals surface area contributed by atoms with Gasteiger partial charge < -0.3 is 5.32 Å². The maximum atomic E-state index is 3.71. The van der Waals surface area contributed by atoms with Crippen molar-refractivity contribution in [3.8, 4) is 0 Å². The van der Waals surface area contributed by atoms with E-state index in [2.05, 4.69) is 33.0 Å². The second-order valence-corrected chi connectivity index (χ2v) is 7.37. The molecule has 0 bridgehead atoms. The van der Waals surface area contributed by atoms with E-state index in [1.54, 1.807) is 0 Å². The van der Waals surface area contributed by atoms with Gasteiger partial charge in [0.15, 0.2) is 0 Å². The molecule has 120 valence electrons. The van der Waals surface area contributed by atoms with E-state index in [0.717, 1.165) is 17.8 Å². The van der Waals surface area contributed by atoms with Crippen molar-refractivity contribution in [2.45, 2.75) is 97.9 Å². The van der Waals surface area contributed by atoms with E-state index < -0.39 is 0 Å². The first kappa shape index (κ1) is 18.0. The van der Waals surface area contributed by atoms with Gasteiger partial charge in [0.2, 0.25) is 0 Å². The minimum absolute atomic E-state index is 0.640. The van der Waals surface area contributed by atoms with Gasteiger partial charge in [0.05, 0.1) is 0 Å². The number of hydrogen-bond donors (Lipinski definition) is 1. The van der Waals surface area contributed by atoms with Crippen LogP contribution in [0.15, 0.2) is 0 Å². The molecule has 0 radical (unpaired) electrons. The lowest BCUT2D eigenvalue weighted by Crippen LogP contribution is -2.33. The van der Waals surface area contributed by atoms with Crippen molar-refractivity contribution in [1.29, 1.82) is 0 Å². The summed E-state index contributed by atoms with van der Waals surface area (Å²) in [6.07, 6.45) is 14.5. The highest BCUT2D eigenvalue weighted by molar-refractivity contribution is 4.78. The van der Waals surface area contributed by atoms with Gasteiger partial charge in [0, 0.05) is 6.04 Å². The Labute approximate surface area is 128 Å². The van der Waals surface area contributed by atoms with E-state index >= 15 is 0 Å². The van der Waals surface area contributed by atoms with Crippen molar-refractivity contribution >= 4 is 0 Å². The van der Waals surface area contributed by atoms with Gasteiger partial charge >= 0.3 is 0 Å². The molecular formula is C19H39N. The Balaban J connectivity index is 2.50. The zero-order valence-corrected chi connectivity index (χ0v) is 14.6. The third-order valence-corrected chi connectivity index (χ3v) is 5.28. The summed E-state index contributed by atoms with van der Waals surface area (Å²) in [5.74, 6) is 2.92. The number of hydrogen-bond acceptors (Lipinski definition) is 1. The van der Waals surface area contributed by atoms with Gasteiger partial charge in [-0.1, -0.05) is 79.1 Å². The van der Waals surface area contributed by atoms with Crippen LogP contribution in [0.4, 0.5) is 0 Å². The Kier molecular flexibility index (Phi) is 9.59. The molecule has 0 saturated heterocycles. The van der Waals surface area contributed by atoms with Gasteiger partial charge in [-0.2, -0.15) is 0 Å². The zero-order chi connectivity index (χ0) is 14.8. The van der Waals surface area contributed by atoms with Crippen molar-refractivity contribution in [3.63, 3.8) is 0 Å². The molecule has 1 rings (SSSR count). The first-order valence-corrected chi connectivity index (χ1v) is 9.40. The fourth-order valence-electron chi connectivity index (χ4n) is 3.84. The predicted octanol–water partition coefficient (Wildman–Crippen LogP) is 5.79. The molecule has 0 aromatic heterocycles. The molecule has 3 atom stereocenters. The molecule has 0 spiro atoms. The third-order valence-electron chi connectivity index (χ3n) is 5.28. The van der Waals surface area contributed by atoms with Crippen LogP contribution >= 0.6 is 0 Å². The van der Waals surface area contributed by atoms with Crippen LogP contribution in [-0.2, 0) is 0 Å². The number of unbranched alkanes of at least 4 members (excludes halogenated alkanes) is 1. The van der Waals surface area contributed by atoms with Crippen LogP contribution < -0.4 is 5.32 Å². The Morgan fingerprint density at radius 3 is 2.30 bits per heavy atom. The van der Waals surface area contributed by atoms with E-state index in [1.807, 2.05) is 0 Å². The van der Waals surface area contributed by atoms with Crippen LogP contribution in [-0.4, -0.2) is 12.6 Å². The Hall–Kier alpha value is -0.0400. The molecule has 0 aromatic rings. The van der Waals surface area contributed by atoms with Crippen LogP contribution in [0.2, 0.25) is 0 Å². The molecular weight excluding hydrogens is 242 g/mol. The Bertz CT molecular complexity index is 224. The van der Waals surface area contributed by atoms with Crippen LogP contribution in [0.3, 0.4) is 0 Å². The first-order valence-electron chi connectivity index (χ1n) is 9.40. The van der Waals surface area contributed by atoms with Gasteiger partial charge in [-0.3, -0.25) is 0 Å². The molecule has 0 heterocycles. The summed E-state index contributed by atoms with van der Waals surface area (Å²) < 4.78 is 0. The second-order valence-electron chi connectivity index (χ2n) is 7.37. The molecule has 1 heteroatoms. The topological polar surface area (TPSA) is 12.0 Å². The largest absolute Gasteiger partial charge is 0.314 e. The summed E-state index contributed by atoms with van der Waals surface area (Å²) in [5.41, 5.74) is 0. The van der Waals surface area contributed by atoms with Crippen molar-refractivity contribution in [3.05, 3.63) is 0 Å². The van der Waals surface area contributed by atoms with Crippen molar-refractivity contribution in [1.82, 2.24) is 5.32 Å². The molecule has 0 amide bonds. The fourth-order valence-corrected chi connectivity index (χ4v) is 3.84. The van der Waals surface area contributed by atoms with Gasteiger partial charge in [0.25, 0.3) is 0 Å². The van der Waals surface area contributed by atoms with Crippen molar-refractivity contribution < 1.29 is 0 Å². The first-order chi connectivity index (χ1) is 9.67. The number of nitrogens with one attached hydrogen (secondary N) is 1. The molecule has 1 aliphatic rings. The molecule has 1 N–H and O–H groups in total. The molecule has 1 fully saturated rings. The fraction of sp³-hybridized carbons (Fsp3) is 1.00. The normalized spacial score (nSPS) is 25.6. The molecule has 1 saturated carbocycles. The molecule has 0 aromatic carbocycles. The molecule has 1 nitrogen and oxygen atoms in total. The maximum Gasteiger partial charge on any atom is 0.00104 e. The van der Waals surface area contributed by atoms with E-state index in [-0.39, 0.29) is 0 Å². The Morgan fingerprint density at radius 1 is 1.00 bits per heavy atom. The van der Waals surface area contributed by atoms with E-state index in [1.165, 1.54) is 70.8 Å². The molecule has 3 unspecified atom stereocenters. The summed E-state index contributed by atoms with van der Waals surface area (Å²) >= 11 is 0. The molecule has 1 aliphatic carbocycles. The Morgan fingerprint density at radius 2 is 1.70 bits per heavy atom. The summed E-state index contributed by atoms with van der Waals surface area (Å²) in [5, 5.41) is 3.71. The van der Waals surface area contributed by atoms with Crippen molar-refractivity contribution in [2.24, 2.45) is 17.8 Å². The van der Waals surface area contributed by atoms with Gasteiger partial charge in [0.1, 0.15) is 0 Å². The predicted molar refractivity (Wildman–Crippen MR) is 91.1 cm³/mol. The maximum absolute atomic E-state index is 3.71. The van der Waals surface area contributed by atoms with Gasteiger partial charge in [-0.15, -0.1) is 0 Å². The smallest absolute Gasteiger partial charge is 0.00104 e. The standard InChI is InChI=1S/C19H39N/c1-5-7-11-17(6-2)14-18-12-9-8-10-13-19(18)15-20-16(3)4/h16-20H,5-15H2,1-4H3. The quantitative estimate of drug-likeness (QED) is 0.528. The monoisotopic (exact) mass is 281 g/mol. The highest BCUT2D eigenvalue weighted by Crippen LogP contribution is 2.35. The number of rotatable bonds is 9. The minimum atomic E-state index is 0.640. The second kappa shape index (κ2) is 10.7. The van der Waals surface area contributed by atoms with E-state index in [9.17, 15) is 0 Å². The lowest BCUT2D eigenvalue weighted by atomic mass is 9.79. The lowest BCUT2D eigenvalue weighted by molar-refractivity contribution is 0.230. The summed E-state index contributed by atoms with van der Waals surface area (Å²) in [7, 11) is 0. The average molecular weight is 282 g/mol. The average Bonchev–Trinajstić information content (AvgIpc) is 2.66. The molecule has 0 aliphatic heterocycles. The van der Waals surface area contributed by atoms with Crippen LogP contribution in [0.1, 0.15) is 91.9 Å². The summed E-state index contributed by atoms with van der Waals surface area (Å²) in [6.45, 7) is 10.5.